The zero-order valence-corrected chi connectivity index (χ0v) is 12.0. The Morgan fingerprint density at radius 3 is 2.40 bits per heavy atom. The lowest BCUT2D eigenvalue weighted by Crippen LogP contribution is -2.30. The first-order valence-electron chi connectivity index (χ1n) is 6.79. The van der Waals surface area contributed by atoms with Crippen LogP contribution in [0.15, 0.2) is 18.2 Å². The van der Waals surface area contributed by atoms with E-state index in [-0.39, 0.29) is 0 Å². The lowest BCUT2D eigenvalue weighted by Gasteiger charge is -2.19. The second-order valence-corrected chi connectivity index (χ2v) is 5.76. The summed E-state index contributed by atoms with van der Waals surface area (Å²) in [6.45, 7) is 7.21. The topological polar surface area (TPSA) is 67.1 Å². The van der Waals surface area contributed by atoms with Crippen molar-refractivity contribution in [3.05, 3.63) is 29.6 Å². The summed E-state index contributed by atoms with van der Waals surface area (Å²) in [6, 6.07) is 5.85. The predicted octanol–water partition coefficient (Wildman–Crippen LogP) is 1.24. The Kier molecular flexibility index (Phi) is 2.97. The van der Waals surface area contributed by atoms with E-state index in [0.717, 1.165) is 30.2 Å². The molecule has 1 aliphatic heterocycles. The van der Waals surface area contributed by atoms with Crippen LogP contribution in [0.3, 0.4) is 0 Å². The zero-order chi connectivity index (χ0) is 14.3. The molecular weight excluding hydrogens is 254 g/mol. The number of anilines is 1. The third-order valence-electron chi connectivity index (χ3n) is 3.64. The number of aryl methyl sites for hydroxylation is 2. The summed E-state index contributed by atoms with van der Waals surface area (Å²) in [5.74, 6) is 1.51. The number of aromatic nitrogens is 4. The van der Waals surface area contributed by atoms with Crippen molar-refractivity contribution < 1.29 is 5.11 Å². The average Bonchev–Trinajstić information content (AvgIpc) is 2.92. The van der Waals surface area contributed by atoms with Crippen molar-refractivity contribution >= 4 is 5.82 Å². The molecule has 3 heterocycles. The van der Waals surface area contributed by atoms with Crippen LogP contribution in [-0.4, -0.2) is 43.8 Å². The highest BCUT2D eigenvalue weighted by Crippen LogP contribution is 2.24. The zero-order valence-electron chi connectivity index (χ0n) is 12.0. The highest BCUT2D eigenvalue weighted by molar-refractivity contribution is 5.42. The van der Waals surface area contributed by atoms with Crippen LogP contribution in [0.2, 0.25) is 0 Å². The summed E-state index contributed by atoms with van der Waals surface area (Å²) in [6.07, 6.45) is 0.758. The molecule has 1 N–H and O–H groups in total. The van der Waals surface area contributed by atoms with Crippen LogP contribution in [0, 0.1) is 13.8 Å². The van der Waals surface area contributed by atoms with Gasteiger partial charge in [0, 0.05) is 18.8 Å². The van der Waals surface area contributed by atoms with E-state index in [9.17, 15) is 5.11 Å². The second-order valence-electron chi connectivity index (χ2n) is 5.76. The smallest absolute Gasteiger partial charge is 0.176 e. The normalized spacial score (nSPS) is 22.5. The monoisotopic (exact) mass is 273 g/mol. The molecule has 0 saturated carbocycles. The Labute approximate surface area is 118 Å². The maximum absolute atomic E-state index is 9.99. The Hall–Kier alpha value is -1.95. The Morgan fingerprint density at radius 2 is 1.90 bits per heavy atom. The van der Waals surface area contributed by atoms with Crippen molar-refractivity contribution in [3.8, 4) is 5.82 Å². The number of hydrogen-bond donors (Lipinski definition) is 1. The van der Waals surface area contributed by atoms with E-state index in [1.807, 2.05) is 39.0 Å². The van der Waals surface area contributed by atoms with Crippen LogP contribution < -0.4 is 4.90 Å². The molecular formula is C14H19N5O. The van der Waals surface area contributed by atoms with Crippen LogP contribution in [0.5, 0.6) is 0 Å². The highest BCUT2D eigenvalue weighted by Gasteiger charge is 2.32. The summed E-state index contributed by atoms with van der Waals surface area (Å²) in [4.78, 5) is 2.05. The molecule has 1 aliphatic rings. The molecule has 6 heteroatoms. The lowest BCUT2D eigenvalue weighted by molar-refractivity contribution is 0.0839. The molecule has 0 radical (unpaired) electrons. The van der Waals surface area contributed by atoms with Crippen LogP contribution in [0.1, 0.15) is 24.7 Å². The Balaban J connectivity index is 1.83. The van der Waals surface area contributed by atoms with Gasteiger partial charge in [0.15, 0.2) is 11.6 Å². The molecule has 6 nitrogen and oxygen atoms in total. The van der Waals surface area contributed by atoms with Gasteiger partial charge in [0.2, 0.25) is 0 Å². The maximum atomic E-state index is 9.99. The summed E-state index contributed by atoms with van der Waals surface area (Å²) in [5, 5.41) is 22.9. The molecule has 0 aliphatic carbocycles. The van der Waals surface area contributed by atoms with Gasteiger partial charge in [-0.1, -0.05) is 0 Å². The van der Waals surface area contributed by atoms with E-state index in [0.29, 0.717) is 12.4 Å². The Morgan fingerprint density at radius 1 is 1.20 bits per heavy atom. The summed E-state index contributed by atoms with van der Waals surface area (Å²) in [5.41, 5.74) is 1.37. The first kappa shape index (κ1) is 13.1. The molecule has 1 fully saturated rings. The molecule has 0 spiro atoms. The molecule has 1 atom stereocenters. The van der Waals surface area contributed by atoms with Gasteiger partial charge < -0.3 is 10.0 Å². The fourth-order valence-corrected chi connectivity index (χ4v) is 2.60. The Bertz CT molecular complexity index is 617. The van der Waals surface area contributed by atoms with E-state index in [1.165, 1.54) is 0 Å². The van der Waals surface area contributed by atoms with Gasteiger partial charge in [-0.2, -0.15) is 5.10 Å². The lowest BCUT2D eigenvalue weighted by atomic mass is 10.1. The standard InChI is InChI=1S/C14H19N5O/c1-10-8-11(2)19(17-10)13-5-4-12(15-16-13)18-7-6-14(3,20)9-18/h4-5,8,20H,6-7,9H2,1-3H3. The van der Waals surface area contributed by atoms with Crippen LogP contribution in [0.25, 0.3) is 5.82 Å². The van der Waals surface area contributed by atoms with Crippen LogP contribution >= 0.6 is 0 Å². The maximum Gasteiger partial charge on any atom is 0.176 e. The molecule has 1 saturated heterocycles. The molecule has 0 amide bonds. The molecule has 2 aromatic rings. The molecule has 106 valence electrons. The fourth-order valence-electron chi connectivity index (χ4n) is 2.60. The van der Waals surface area contributed by atoms with Crippen molar-refractivity contribution in [2.45, 2.75) is 32.8 Å². The van der Waals surface area contributed by atoms with Gasteiger partial charge >= 0.3 is 0 Å². The first-order chi connectivity index (χ1) is 9.44. The van der Waals surface area contributed by atoms with Gasteiger partial charge in [-0.05, 0) is 45.4 Å². The van der Waals surface area contributed by atoms with E-state index in [1.54, 1.807) is 4.68 Å². The van der Waals surface area contributed by atoms with Crippen molar-refractivity contribution in [1.82, 2.24) is 20.0 Å². The third-order valence-corrected chi connectivity index (χ3v) is 3.64. The number of β-amino-alcohol motifs (C(OH)–C–C–N with tert-alkyl or cyclic N) is 1. The quantitative estimate of drug-likeness (QED) is 0.891. The van der Waals surface area contributed by atoms with E-state index in [2.05, 4.69) is 20.2 Å². The number of rotatable bonds is 2. The van der Waals surface area contributed by atoms with E-state index < -0.39 is 5.60 Å². The second kappa shape index (κ2) is 4.56. The SMILES string of the molecule is Cc1cc(C)n(-c2ccc(N3CCC(C)(O)C3)nn2)n1. The van der Waals surface area contributed by atoms with Gasteiger partial charge in [0.25, 0.3) is 0 Å². The van der Waals surface area contributed by atoms with Crippen molar-refractivity contribution in [3.63, 3.8) is 0 Å². The average molecular weight is 273 g/mol. The van der Waals surface area contributed by atoms with Crippen LogP contribution in [-0.2, 0) is 0 Å². The van der Waals surface area contributed by atoms with E-state index >= 15 is 0 Å². The van der Waals surface area contributed by atoms with Gasteiger partial charge in [0.05, 0.1) is 11.3 Å². The van der Waals surface area contributed by atoms with Crippen molar-refractivity contribution in [2.24, 2.45) is 0 Å². The van der Waals surface area contributed by atoms with Gasteiger partial charge in [-0.3, -0.25) is 0 Å². The van der Waals surface area contributed by atoms with Gasteiger partial charge in [-0.25, -0.2) is 4.68 Å². The first-order valence-corrected chi connectivity index (χ1v) is 6.79. The molecule has 2 aromatic heterocycles. The molecule has 20 heavy (non-hydrogen) atoms. The molecule has 0 bridgehead atoms. The summed E-state index contributed by atoms with van der Waals surface area (Å²) in [7, 11) is 0. The van der Waals surface area contributed by atoms with Crippen molar-refractivity contribution in [2.75, 3.05) is 18.0 Å². The van der Waals surface area contributed by atoms with Gasteiger partial charge in [0.1, 0.15) is 0 Å². The number of aliphatic hydroxyl groups is 1. The minimum absolute atomic E-state index is 0.598. The predicted molar refractivity (Wildman–Crippen MR) is 76.1 cm³/mol. The van der Waals surface area contributed by atoms with Gasteiger partial charge in [-0.15, -0.1) is 10.2 Å². The van der Waals surface area contributed by atoms with Crippen molar-refractivity contribution in [1.29, 1.82) is 0 Å². The fraction of sp³-hybridized carbons (Fsp3) is 0.500. The molecule has 3 rings (SSSR count). The third kappa shape index (κ3) is 2.38. The summed E-state index contributed by atoms with van der Waals surface area (Å²) >= 11 is 0. The van der Waals surface area contributed by atoms with E-state index in [4.69, 9.17) is 0 Å². The number of hydrogen-bond acceptors (Lipinski definition) is 5. The number of nitrogens with zero attached hydrogens (tertiary/aromatic N) is 5. The van der Waals surface area contributed by atoms with Crippen LogP contribution in [0.4, 0.5) is 5.82 Å². The minimum Gasteiger partial charge on any atom is -0.388 e. The summed E-state index contributed by atoms with van der Waals surface area (Å²) < 4.78 is 1.78. The highest BCUT2D eigenvalue weighted by atomic mass is 16.3. The molecule has 1 unspecified atom stereocenters. The minimum atomic E-state index is -0.629. The largest absolute Gasteiger partial charge is 0.388 e. The molecule has 0 aromatic carbocycles.